The van der Waals surface area contributed by atoms with E-state index >= 15 is 0 Å². The first kappa shape index (κ1) is 11.2. The van der Waals surface area contributed by atoms with Gasteiger partial charge in [0.05, 0.1) is 20.6 Å². The van der Waals surface area contributed by atoms with Crippen molar-refractivity contribution in [1.82, 2.24) is 0 Å². The number of ether oxygens (including phenoxy) is 1. The Labute approximate surface area is 67.8 Å². The highest BCUT2D eigenvalue weighted by molar-refractivity contribution is 7.51. The maximum atomic E-state index is 10.6. The number of methoxy groups -OCH3 is 1. The first-order valence-corrected chi connectivity index (χ1v) is 5.19. The van der Waals surface area contributed by atoms with Gasteiger partial charge in [0.1, 0.15) is 0 Å². The summed E-state index contributed by atoms with van der Waals surface area (Å²) >= 11 is 0. The second kappa shape index (κ2) is 4.93. The fraction of sp³-hybridized carbons (Fsp3) is 1.00. The summed E-state index contributed by atoms with van der Waals surface area (Å²) < 4.78 is 20.0. The van der Waals surface area contributed by atoms with E-state index in [1.165, 1.54) is 7.11 Å². The molecule has 0 heterocycles. The van der Waals surface area contributed by atoms with Gasteiger partial charge >= 0.3 is 7.60 Å². The van der Waals surface area contributed by atoms with Gasteiger partial charge in [0.15, 0.2) is 0 Å². The van der Waals surface area contributed by atoms with E-state index in [1.807, 2.05) is 0 Å². The molecule has 0 saturated carbocycles. The Morgan fingerprint density at radius 2 is 2.27 bits per heavy atom. The van der Waals surface area contributed by atoms with E-state index in [1.54, 1.807) is 0 Å². The van der Waals surface area contributed by atoms with Gasteiger partial charge in [0, 0.05) is 13.8 Å². The zero-order valence-electron chi connectivity index (χ0n) is 6.69. The van der Waals surface area contributed by atoms with Crippen molar-refractivity contribution in [1.29, 1.82) is 0 Å². The van der Waals surface area contributed by atoms with Crippen molar-refractivity contribution >= 4 is 15.4 Å². The van der Waals surface area contributed by atoms with E-state index in [2.05, 4.69) is 4.52 Å². The molecule has 0 spiro atoms. The predicted octanol–water partition coefficient (Wildman–Crippen LogP) is 0.420. The monoisotopic (exact) mass is 178 g/mol. The lowest BCUT2D eigenvalue weighted by Gasteiger charge is -2.14. The van der Waals surface area contributed by atoms with Crippen molar-refractivity contribution < 1.29 is 18.7 Å². The Morgan fingerprint density at radius 1 is 1.73 bits per heavy atom. The molecule has 1 N–H and O–H groups in total. The van der Waals surface area contributed by atoms with Crippen LogP contribution in [0.4, 0.5) is 0 Å². The molecule has 0 aromatic heterocycles. The average Bonchev–Trinajstić information content (AvgIpc) is 1.88. The van der Waals surface area contributed by atoms with Crippen LogP contribution in [-0.2, 0) is 13.8 Å². The van der Waals surface area contributed by atoms with Crippen LogP contribution in [0, 0.1) is 0 Å². The Kier molecular flexibility index (Phi) is 5.01. The molecule has 6 heteroatoms. The largest absolute Gasteiger partial charge is 0.380 e. The first-order chi connectivity index (χ1) is 4.99. The normalized spacial score (nSPS) is 19.2. The minimum Gasteiger partial charge on any atom is -0.380 e. The van der Waals surface area contributed by atoms with Gasteiger partial charge in [-0.25, -0.2) is 0 Å². The molecule has 0 aromatic carbocycles. The second-order valence-electron chi connectivity index (χ2n) is 2.19. The van der Waals surface area contributed by atoms with Crippen LogP contribution in [0.15, 0.2) is 0 Å². The summed E-state index contributed by atoms with van der Waals surface area (Å²) in [4.78, 5) is 8.69. The highest BCUT2D eigenvalue weighted by Gasteiger charge is 2.13. The third-order valence-electron chi connectivity index (χ3n) is 1.10. The lowest BCUT2D eigenvalue weighted by molar-refractivity contribution is 0.0680. The molecule has 2 atom stereocenters. The molecule has 1 unspecified atom stereocenters. The Morgan fingerprint density at radius 3 is 2.55 bits per heavy atom. The molecule has 0 rings (SSSR count). The molecule has 0 amide bonds. The SMILES string of the molecule is [B]C[C@@H](COP(C)(=O)O)OC. The molecule has 0 aliphatic rings. The third kappa shape index (κ3) is 6.57. The molecule has 4 nitrogen and oxygen atoms in total. The summed E-state index contributed by atoms with van der Waals surface area (Å²) in [5.41, 5.74) is 0. The predicted molar refractivity (Wildman–Crippen MR) is 43.1 cm³/mol. The van der Waals surface area contributed by atoms with Crippen LogP contribution in [0.1, 0.15) is 0 Å². The van der Waals surface area contributed by atoms with Crippen molar-refractivity contribution in [3.63, 3.8) is 0 Å². The average molecular weight is 178 g/mol. The second-order valence-corrected chi connectivity index (χ2v) is 4.06. The van der Waals surface area contributed by atoms with Gasteiger partial charge < -0.3 is 14.2 Å². The van der Waals surface area contributed by atoms with Gasteiger partial charge in [0.2, 0.25) is 0 Å². The van der Waals surface area contributed by atoms with Crippen LogP contribution in [0.25, 0.3) is 0 Å². The Hall–Kier alpha value is 0.175. The maximum absolute atomic E-state index is 10.6. The quantitative estimate of drug-likeness (QED) is 0.489. The lowest BCUT2D eigenvalue weighted by Crippen LogP contribution is -2.16. The van der Waals surface area contributed by atoms with Crippen molar-refractivity contribution in [2.24, 2.45) is 0 Å². The number of rotatable bonds is 5. The van der Waals surface area contributed by atoms with Crippen LogP contribution < -0.4 is 0 Å². The van der Waals surface area contributed by atoms with Gasteiger partial charge in [0.25, 0.3) is 0 Å². The fourth-order valence-electron chi connectivity index (χ4n) is 0.454. The van der Waals surface area contributed by atoms with Crippen LogP contribution in [0.3, 0.4) is 0 Å². The van der Waals surface area contributed by atoms with Crippen molar-refractivity contribution in [3.05, 3.63) is 0 Å². The summed E-state index contributed by atoms with van der Waals surface area (Å²) in [6.45, 7) is 1.17. The summed E-state index contributed by atoms with van der Waals surface area (Å²) in [6.07, 6.45) is -0.0355. The Bertz CT molecular complexity index is 141. The molecule has 0 saturated heterocycles. The molecule has 0 aliphatic carbocycles. The van der Waals surface area contributed by atoms with Gasteiger partial charge in [-0.1, -0.05) is 6.32 Å². The van der Waals surface area contributed by atoms with Crippen LogP contribution >= 0.6 is 7.60 Å². The van der Waals surface area contributed by atoms with Crippen molar-refractivity contribution in [2.75, 3.05) is 20.4 Å². The van der Waals surface area contributed by atoms with E-state index in [0.29, 0.717) is 0 Å². The molecule has 0 fully saturated rings. The molecule has 2 radical (unpaired) electrons. The first-order valence-electron chi connectivity index (χ1n) is 3.17. The van der Waals surface area contributed by atoms with E-state index in [4.69, 9.17) is 17.5 Å². The minimum absolute atomic E-state index is 0.0529. The highest BCUT2D eigenvalue weighted by Crippen LogP contribution is 2.36. The molecule has 64 valence electrons. The number of hydrogen-bond acceptors (Lipinski definition) is 3. The van der Waals surface area contributed by atoms with E-state index in [-0.39, 0.29) is 19.0 Å². The molecule has 0 aromatic rings. The molecule has 11 heavy (non-hydrogen) atoms. The fourth-order valence-corrected chi connectivity index (χ4v) is 0.897. The molecular formula is C5H12BO4P. The molecule has 0 aliphatic heterocycles. The highest BCUT2D eigenvalue weighted by atomic mass is 31.2. The summed E-state index contributed by atoms with van der Waals surface area (Å²) in [6, 6.07) is 0. The minimum atomic E-state index is -3.38. The molecular weight excluding hydrogens is 166 g/mol. The topological polar surface area (TPSA) is 55.8 Å². The van der Waals surface area contributed by atoms with E-state index < -0.39 is 7.60 Å². The summed E-state index contributed by atoms with van der Waals surface area (Å²) in [5, 5.41) is 0. The van der Waals surface area contributed by atoms with Gasteiger partial charge in [-0.2, -0.15) is 0 Å². The Balaban J connectivity index is 3.59. The zero-order chi connectivity index (χ0) is 8.91. The smallest absolute Gasteiger partial charge is 0.325 e. The van der Waals surface area contributed by atoms with Gasteiger partial charge in [-0.3, -0.25) is 4.57 Å². The van der Waals surface area contributed by atoms with Crippen molar-refractivity contribution in [2.45, 2.75) is 12.4 Å². The van der Waals surface area contributed by atoms with E-state index in [9.17, 15) is 4.57 Å². The number of hydrogen-bond donors (Lipinski definition) is 1. The van der Waals surface area contributed by atoms with Crippen LogP contribution in [0.2, 0.25) is 6.32 Å². The van der Waals surface area contributed by atoms with Gasteiger partial charge in [-0.05, 0) is 0 Å². The standard InChI is InChI=1S/C5H12BO4P/c1-9-5(3-6)4-10-11(2,7)8/h5H,3-4H2,1-2H3,(H,7,8)/t5-/m0/s1. The zero-order valence-corrected chi connectivity index (χ0v) is 7.58. The summed E-state index contributed by atoms with van der Waals surface area (Å²) in [5.74, 6) is 0. The van der Waals surface area contributed by atoms with Crippen LogP contribution in [0.5, 0.6) is 0 Å². The summed E-state index contributed by atoms with van der Waals surface area (Å²) in [7, 11) is 3.33. The van der Waals surface area contributed by atoms with Gasteiger partial charge in [-0.15, -0.1) is 0 Å². The van der Waals surface area contributed by atoms with Crippen LogP contribution in [-0.4, -0.2) is 39.2 Å². The maximum Gasteiger partial charge on any atom is 0.325 e. The third-order valence-corrected chi connectivity index (χ3v) is 1.72. The molecule has 0 bridgehead atoms. The van der Waals surface area contributed by atoms with Crippen molar-refractivity contribution in [3.8, 4) is 0 Å². The lowest BCUT2D eigenvalue weighted by atomic mass is 10.0. The van der Waals surface area contributed by atoms with E-state index in [0.717, 1.165) is 6.66 Å².